The van der Waals surface area contributed by atoms with E-state index in [2.05, 4.69) is 31.2 Å². The SMILES string of the molecule is COC(=O)C(C)(C)CSc1ccc(C)cc1. The first-order valence-corrected chi connectivity index (χ1v) is 6.22. The number of esters is 1. The quantitative estimate of drug-likeness (QED) is 0.595. The number of benzene rings is 1. The van der Waals surface area contributed by atoms with Crippen molar-refractivity contribution >= 4 is 17.7 Å². The molecule has 0 aromatic heterocycles. The fourth-order valence-corrected chi connectivity index (χ4v) is 2.21. The highest BCUT2D eigenvalue weighted by molar-refractivity contribution is 7.99. The molecule has 0 saturated heterocycles. The fraction of sp³-hybridized carbons (Fsp3) is 0.462. The lowest BCUT2D eigenvalue weighted by molar-refractivity contribution is -0.149. The maximum atomic E-state index is 11.5. The van der Waals surface area contributed by atoms with Crippen LogP contribution in [-0.4, -0.2) is 18.8 Å². The van der Waals surface area contributed by atoms with E-state index >= 15 is 0 Å². The van der Waals surface area contributed by atoms with Crippen molar-refractivity contribution in [2.45, 2.75) is 25.7 Å². The summed E-state index contributed by atoms with van der Waals surface area (Å²) >= 11 is 1.68. The Kier molecular flexibility index (Phi) is 4.42. The molecule has 0 saturated carbocycles. The van der Waals surface area contributed by atoms with Crippen molar-refractivity contribution in [1.82, 2.24) is 0 Å². The topological polar surface area (TPSA) is 26.3 Å². The summed E-state index contributed by atoms with van der Waals surface area (Å²) in [6, 6.07) is 8.31. The Labute approximate surface area is 101 Å². The molecule has 0 bridgehead atoms. The molecular formula is C13H18O2S. The van der Waals surface area contributed by atoms with Gasteiger partial charge in [0.1, 0.15) is 0 Å². The van der Waals surface area contributed by atoms with Gasteiger partial charge in [-0.15, -0.1) is 11.8 Å². The van der Waals surface area contributed by atoms with Crippen LogP contribution in [-0.2, 0) is 9.53 Å². The van der Waals surface area contributed by atoms with Crippen molar-refractivity contribution in [2.24, 2.45) is 5.41 Å². The number of rotatable bonds is 4. The van der Waals surface area contributed by atoms with E-state index in [0.717, 1.165) is 5.75 Å². The molecule has 1 aromatic rings. The Hall–Kier alpha value is -0.960. The third kappa shape index (κ3) is 3.56. The van der Waals surface area contributed by atoms with Crippen molar-refractivity contribution in [3.05, 3.63) is 29.8 Å². The lowest BCUT2D eigenvalue weighted by atomic mass is 9.97. The van der Waals surface area contributed by atoms with E-state index < -0.39 is 5.41 Å². The number of carbonyl (C=O) groups excluding carboxylic acids is 1. The highest BCUT2D eigenvalue weighted by atomic mass is 32.2. The van der Waals surface area contributed by atoms with Gasteiger partial charge in [0.25, 0.3) is 0 Å². The van der Waals surface area contributed by atoms with E-state index in [4.69, 9.17) is 4.74 Å². The van der Waals surface area contributed by atoms with E-state index in [-0.39, 0.29) is 5.97 Å². The van der Waals surface area contributed by atoms with Crippen LogP contribution in [0, 0.1) is 12.3 Å². The summed E-state index contributed by atoms with van der Waals surface area (Å²) in [5.41, 5.74) is 0.807. The average Bonchev–Trinajstić information content (AvgIpc) is 2.27. The zero-order valence-corrected chi connectivity index (χ0v) is 11.1. The summed E-state index contributed by atoms with van der Waals surface area (Å²) < 4.78 is 4.77. The van der Waals surface area contributed by atoms with Crippen LogP contribution >= 0.6 is 11.8 Å². The molecule has 2 nitrogen and oxygen atoms in total. The van der Waals surface area contributed by atoms with Crippen LogP contribution in [0.25, 0.3) is 0 Å². The molecule has 16 heavy (non-hydrogen) atoms. The van der Waals surface area contributed by atoms with Crippen LogP contribution in [0.2, 0.25) is 0 Å². The zero-order chi connectivity index (χ0) is 12.2. The van der Waals surface area contributed by atoms with E-state index in [1.165, 1.54) is 17.6 Å². The van der Waals surface area contributed by atoms with Crippen LogP contribution in [0.1, 0.15) is 19.4 Å². The van der Waals surface area contributed by atoms with Crippen molar-refractivity contribution in [2.75, 3.05) is 12.9 Å². The first-order chi connectivity index (χ1) is 7.45. The Morgan fingerprint density at radius 1 is 1.31 bits per heavy atom. The molecule has 0 aliphatic rings. The Bertz CT molecular complexity index is 355. The van der Waals surface area contributed by atoms with E-state index in [0.29, 0.717) is 0 Å². The lowest BCUT2D eigenvalue weighted by Crippen LogP contribution is -2.28. The minimum atomic E-state index is -0.440. The highest BCUT2D eigenvalue weighted by Crippen LogP contribution is 2.28. The molecule has 3 heteroatoms. The second-order valence-corrected chi connectivity index (χ2v) is 5.53. The molecule has 88 valence electrons. The van der Waals surface area contributed by atoms with Crippen LogP contribution in [0.4, 0.5) is 0 Å². The fourth-order valence-electron chi connectivity index (χ4n) is 1.23. The molecule has 1 aromatic carbocycles. The smallest absolute Gasteiger partial charge is 0.312 e. The summed E-state index contributed by atoms with van der Waals surface area (Å²) in [6.07, 6.45) is 0. The molecule has 0 aliphatic heterocycles. The average molecular weight is 238 g/mol. The molecule has 0 N–H and O–H groups in total. The molecule has 0 amide bonds. The van der Waals surface area contributed by atoms with Crippen LogP contribution in [0.15, 0.2) is 29.2 Å². The summed E-state index contributed by atoms with van der Waals surface area (Å²) in [4.78, 5) is 12.7. The minimum Gasteiger partial charge on any atom is -0.469 e. The molecule has 0 heterocycles. The summed E-state index contributed by atoms with van der Waals surface area (Å²) in [5, 5.41) is 0. The third-order valence-electron chi connectivity index (χ3n) is 2.36. The molecule has 0 aliphatic carbocycles. The van der Waals surface area contributed by atoms with Gasteiger partial charge in [0.05, 0.1) is 12.5 Å². The van der Waals surface area contributed by atoms with E-state index in [9.17, 15) is 4.79 Å². The molecule has 1 rings (SSSR count). The Morgan fingerprint density at radius 2 is 1.88 bits per heavy atom. The largest absolute Gasteiger partial charge is 0.469 e. The Balaban J connectivity index is 2.57. The highest BCUT2D eigenvalue weighted by Gasteiger charge is 2.28. The van der Waals surface area contributed by atoms with Crippen molar-refractivity contribution < 1.29 is 9.53 Å². The van der Waals surface area contributed by atoms with Gasteiger partial charge in [-0.1, -0.05) is 17.7 Å². The first-order valence-electron chi connectivity index (χ1n) is 5.23. The maximum absolute atomic E-state index is 11.5. The van der Waals surface area contributed by atoms with Gasteiger partial charge in [-0.25, -0.2) is 0 Å². The van der Waals surface area contributed by atoms with Gasteiger partial charge >= 0.3 is 5.97 Å². The zero-order valence-electron chi connectivity index (χ0n) is 10.2. The minimum absolute atomic E-state index is 0.160. The summed E-state index contributed by atoms with van der Waals surface area (Å²) in [6.45, 7) is 5.87. The molecule has 0 radical (unpaired) electrons. The second kappa shape index (κ2) is 5.39. The molecule has 0 atom stereocenters. The van der Waals surface area contributed by atoms with Gasteiger partial charge in [0.2, 0.25) is 0 Å². The number of thioether (sulfide) groups is 1. The van der Waals surface area contributed by atoms with Gasteiger partial charge in [-0.05, 0) is 32.9 Å². The summed E-state index contributed by atoms with van der Waals surface area (Å²) in [7, 11) is 1.43. The predicted molar refractivity (Wildman–Crippen MR) is 67.7 cm³/mol. The van der Waals surface area contributed by atoms with Crippen molar-refractivity contribution in [3.8, 4) is 0 Å². The lowest BCUT2D eigenvalue weighted by Gasteiger charge is -2.20. The van der Waals surface area contributed by atoms with Gasteiger partial charge < -0.3 is 4.74 Å². The maximum Gasteiger partial charge on any atom is 0.312 e. The van der Waals surface area contributed by atoms with Crippen LogP contribution in [0.3, 0.4) is 0 Å². The standard InChI is InChI=1S/C13H18O2S/c1-10-5-7-11(8-6-10)16-9-13(2,3)12(14)15-4/h5-8H,9H2,1-4H3. The number of ether oxygens (including phenoxy) is 1. The van der Waals surface area contributed by atoms with Gasteiger partial charge in [0.15, 0.2) is 0 Å². The molecule has 0 unspecified atom stereocenters. The molecular weight excluding hydrogens is 220 g/mol. The summed E-state index contributed by atoms with van der Waals surface area (Å²) in [5.74, 6) is 0.565. The Morgan fingerprint density at radius 3 is 2.38 bits per heavy atom. The van der Waals surface area contributed by atoms with Crippen LogP contribution < -0.4 is 0 Å². The molecule has 0 spiro atoms. The molecule has 0 fully saturated rings. The second-order valence-electron chi connectivity index (χ2n) is 4.48. The number of methoxy groups -OCH3 is 1. The predicted octanol–water partition coefficient (Wildman–Crippen LogP) is 3.29. The first kappa shape index (κ1) is 13.1. The van der Waals surface area contributed by atoms with Crippen molar-refractivity contribution in [3.63, 3.8) is 0 Å². The van der Waals surface area contributed by atoms with Gasteiger partial charge in [-0.2, -0.15) is 0 Å². The third-order valence-corrected chi connectivity index (χ3v) is 3.83. The number of carbonyl (C=O) groups is 1. The number of hydrogen-bond donors (Lipinski definition) is 0. The number of aryl methyl sites for hydroxylation is 1. The van der Waals surface area contributed by atoms with Gasteiger partial charge in [0, 0.05) is 10.6 Å². The van der Waals surface area contributed by atoms with Crippen molar-refractivity contribution in [1.29, 1.82) is 0 Å². The van der Waals surface area contributed by atoms with E-state index in [1.54, 1.807) is 11.8 Å². The van der Waals surface area contributed by atoms with Gasteiger partial charge in [-0.3, -0.25) is 4.79 Å². The number of hydrogen-bond acceptors (Lipinski definition) is 3. The van der Waals surface area contributed by atoms with Crippen LogP contribution in [0.5, 0.6) is 0 Å². The van der Waals surface area contributed by atoms with E-state index in [1.807, 2.05) is 13.8 Å². The normalized spacial score (nSPS) is 11.2. The monoisotopic (exact) mass is 238 g/mol.